The van der Waals surface area contributed by atoms with E-state index in [2.05, 4.69) is 15.7 Å². The van der Waals surface area contributed by atoms with Crippen LogP contribution in [0.5, 0.6) is 0 Å². The van der Waals surface area contributed by atoms with Crippen molar-refractivity contribution in [1.29, 1.82) is 0 Å². The summed E-state index contributed by atoms with van der Waals surface area (Å²) in [6, 6.07) is 0. The topological polar surface area (TPSA) is 67.2 Å². The molecule has 0 amide bonds. The van der Waals surface area contributed by atoms with E-state index in [0.29, 0.717) is 19.6 Å². The predicted molar refractivity (Wildman–Crippen MR) is 72.2 cm³/mol. The van der Waals surface area contributed by atoms with Gasteiger partial charge in [-0.3, -0.25) is 4.68 Å². The first-order chi connectivity index (χ1) is 9.12. The van der Waals surface area contributed by atoms with E-state index in [9.17, 15) is 8.42 Å². The Morgan fingerprint density at radius 1 is 1.37 bits per heavy atom. The highest BCUT2D eigenvalue weighted by Gasteiger charge is 2.23. The SMILES string of the molecule is C#CCn1cc(CNS(=O)(=O)N2CCCCC2)cn1. The van der Waals surface area contributed by atoms with Crippen LogP contribution in [0, 0.1) is 12.3 Å². The molecule has 2 rings (SSSR count). The largest absolute Gasteiger partial charge is 0.279 e. The molecule has 6 nitrogen and oxygen atoms in total. The minimum Gasteiger partial charge on any atom is -0.260 e. The minimum atomic E-state index is -3.38. The summed E-state index contributed by atoms with van der Waals surface area (Å²) in [5.41, 5.74) is 0.802. The van der Waals surface area contributed by atoms with Crippen molar-refractivity contribution in [2.75, 3.05) is 13.1 Å². The number of aromatic nitrogens is 2. The Hall–Kier alpha value is -1.36. The zero-order valence-corrected chi connectivity index (χ0v) is 11.6. The smallest absolute Gasteiger partial charge is 0.260 e. The molecule has 0 atom stereocenters. The summed E-state index contributed by atoms with van der Waals surface area (Å²) in [6.07, 6.45) is 11.5. The molecule has 1 aromatic rings. The van der Waals surface area contributed by atoms with E-state index in [1.54, 1.807) is 17.1 Å². The maximum Gasteiger partial charge on any atom is 0.279 e. The van der Waals surface area contributed by atoms with Crippen LogP contribution in [0.4, 0.5) is 0 Å². The van der Waals surface area contributed by atoms with Gasteiger partial charge in [0.25, 0.3) is 10.2 Å². The summed E-state index contributed by atoms with van der Waals surface area (Å²) in [6.45, 7) is 1.83. The van der Waals surface area contributed by atoms with Gasteiger partial charge in [0.15, 0.2) is 0 Å². The number of hydrogen-bond donors (Lipinski definition) is 1. The fraction of sp³-hybridized carbons (Fsp3) is 0.583. The Morgan fingerprint density at radius 3 is 2.79 bits per heavy atom. The Bertz CT molecular complexity index is 553. The lowest BCUT2D eigenvalue weighted by Gasteiger charge is -2.25. The van der Waals surface area contributed by atoms with Crippen molar-refractivity contribution in [3.8, 4) is 12.3 Å². The molecular weight excluding hydrogens is 264 g/mol. The number of piperidine rings is 1. The monoisotopic (exact) mass is 282 g/mol. The highest BCUT2D eigenvalue weighted by molar-refractivity contribution is 7.87. The van der Waals surface area contributed by atoms with E-state index in [0.717, 1.165) is 24.8 Å². The average molecular weight is 282 g/mol. The van der Waals surface area contributed by atoms with Gasteiger partial charge in [0.2, 0.25) is 0 Å². The maximum absolute atomic E-state index is 12.0. The Labute approximate surface area is 114 Å². The van der Waals surface area contributed by atoms with Crippen LogP contribution in [0.2, 0.25) is 0 Å². The lowest BCUT2D eigenvalue weighted by Crippen LogP contribution is -2.43. The van der Waals surface area contributed by atoms with Crippen LogP contribution in [0.1, 0.15) is 24.8 Å². The zero-order chi connectivity index (χ0) is 13.7. The third kappa shape index (κ3) is 3.80. The van der Waals surface area contributed by atoms with Gasteiger partial charge in [0.1, 0.15) is 6.54 Å². The van der Waals surface area contributed by atoms with Crippen molar-refractivity contribution >= 4 is 10.2 Å². The van der Waals surface area contributed by atoms with Gasteiger partial charge in [-0.15, -0.1) is 6.42 Å². The van der Waals surface area contributed by atoms with Gasteiger partial charge >= 0.3 is 0 Å². The van der Waals surface area contributed by atoms with E-state index in [1.165, 1.54) is 4.31 Å². The second kappa shape index (κ2) is 6.19. The highest BCUT2D eigenvalue weighted by atomic mass is 32.2. The van der Waals surface area contributed by atoms with Crippen LogP contribution < -0.4 is 4.72 Å². The van der Waals surface area contributed by atoms with Crippen molar-refractivity contribution in [2.45, 2.75) is 32.4 Å². The number of nitrogens with one attached hydrogen (secondary N) is 1. The van der Waals surface area contributed by atoms with Crippen LogP contribution in [0.25, 0.3) is 0 Å². The van der Waals surface area contributed by atoms with E-state index in [1.807, 2.05) is 0 Å². The van der Waals surface area contributed by atoms with Crippen molar-refractivity contribution in [2.24, 2.45) is 0 Å². The Balaban J connectivity index is 1.91. The van der Waals surface area contributed by atoms with Gasteiger partial charge in [-0.05, 0) is 12.8 Å². The molecule has 0 saturated carbocycles. The maximum atomic E-state index is 12.0. The summed E-state index contributed by atoms with van der Waals surface area (Å²) < 4.78 is 29.8. The van der Waals surface area contributed by atoms with Gasteiger partial charge < -0.3 is 0 Å². The van der Waals surface area contributed by atoms with Crippen LogP contribution in [0.3, 0.4) is 0 Å². The minimum absolute atomic E-state index is 0.239. The van der Waals surface area contributed by atoms with Crippen LogP contribution in [0.15, 0.2) is 12.4 Å². The first kappa shape index (κ1) is 14.1. The van der Waals surface area contributed by atoms with Crippen molar-refractivity contribution in [3.05, 3.63) is 18.0 Å². The standard InChI is InChI=1S/C12H18N4O2S/c1-2-6-15-11-12(9-13-15)10-14-19(17,18)16-7-4-3-5-8-16/h1,9,11,14H,3-8,10H2. The van der Waals surface area contributed by atoms with Crippen molar-refractivity contribution in [3.63, 3.8) is 0 Å². The third-order valence-corrected chi connectivity index (χ3v) is 4.61. The highest BCUT2D eigenvalue weighted by Crippen LogP contribution is 2.12. The molecule has 1 saturated heterocycles. The number of rotatable bonds is 5. The molecule has 0 aliphatic carbocycles. The van der Waals surface area contributed by atoms with Crippen molar-refractivity contribution < 1.29 is 8.42 Å². The number of nitrogens with zero attached hydrogens (tertiary/aromatic N) is 3. The van der Waals surface area contributed by atoms with Gasteiger partial charge in [-0.25, -0.2) is 0 Å². The second-order valence-electron chi connectivity index (χ2n) is 4.54. The molecule has 1 aliphatic rings. The van der Waals surface area contributed by atoms with E-state index in [4.69, 9.17) is 6.42 Å². The van der Waals surface area contributed by atoms with Gasteiger partial charge in [0, 0.05) is 31.4 Å². The molecule has 19 heavy (non-hydrogen) atoms. The lowest BCUT2D eigenvalue weighted by atomic mass is 10.2. The first-order valence-corrected chi connectivity index (χ1v) is 7.75. The van der Waals surface area contributed by atoms with Gasteiger partial charge in [0.05, 0.1) is 6.20 Å². The molecule has 2 heterocycles. The molecule has 1 aliphatic heterocycles. The molecular formula is C12H18N4O2S. The summed E-state index contributed by atoms with van der Waals surface area (Å²) in [7, 11) is -3.38. The van der Waals surface area contributed by atoms with E-state index >= 15 is 0 Å². The van der Waals surface area contributed by atoms with E-state index < -0.39 is 10.2 Å². The summed E-state index contributed by atoms with van der Waals surface area (Å²) in [5, 5.41) is 4.04. The molecule has 1 aromatic heterocycles. The molecule has 7 heteroatoms. The molecule has 1 N–H and O–H groups in total. The zero-order valence-electron chi connectivity index (χ0n) is 10.7. The molecule has 0 radical (unpaired) electrons. The van der Waals surface area contributed by atoms with Gasteiger partial charge in [-0.1, -0.05) is 12.3 Å². The Kier molecular flexibility index (Phi) is 4.58. The molecule has 1 fully saturated rings. The summed E-state index contributed by atoms with van der Waals surface area (Å²) >= 11 is 0. The van der Waals surface area contributed by atoms with Crippen molar-refractivity contribution in [1.82, 2.24) is 18.8 Å². The van der Waals surface area contributed by atoms with Crippen LogP contribution in [-0.4, -0.2) is 35.6 Å². The van der Waals surface area contributed by atoms with Gasteiger partial charge in [-0.2, -0.15) is 22.5 Å². The average Bonchev–Trinajstić information content (AvgIpc) is 2.86. The number of terminal acetylenes is 1. The van der Waals surface area contributed by atoms with E-state index in [-0.39, 0.29) is 6.54 Å². The number of hydrogen-bond acceptors (Lipinski definition) is 3. The fourth-order valence-electron chi connectivity index (χ4n) is 2.05. The Morgan fingerprint density at radius 2 is 2.11 bits per heavy atom. The molecule has 0 spiro atoms. The molecule has 0 unspecified atom stereocenters. The first-order valence-electron chi connectivity index (χ1n) is 6.31. The predicted octanol–water partition coefficient (Wildman–Crippen LogP) is 0.337. The quantitative estimate of drug-likeness (QED) is 0.792. The van der Waals surface area contributed by atoms with Crippen LogP contribution >= 0.6 is 0 Å². The normalized spacial score (nSPS) is 17.2. The summed E-state index contributed by atoms with van der Waals surface area (Å²) in [4.78, 5) is 0. The third-order valence-electron chi connectivity index (χ3n) is 3.05. The molecule has 0 aromatic carbocycles. The van der Waals surface area contributed by atoms with Crippen LogP contribution in [-0.2, 0) is 23.3 Å². The summed E-state index contributed by atoms with van der Waals surface area (Å²) in [5.74, 6) is 2.47. The second-order valence-corrected chi connectivity index (χ2v) is 6.29. The molecule has 0 bridgehead atoms. The lowest BCUT2D eigenvalue weighted by molar-refractivity contribution is 0.341. The molecule has 104 valence electrons. The fourth-order valence-corrected chi connectivity index (χ4v) is 3.32.